The van der Waals surface area contributed by atoms with E-state index in [4.69, 9.17) is 11.6 Å². The van der Waals surface area contributed by atoms with Crippen molar-refractivity contribution >= 4 is 23.3 Å². The zero-order chi connectivity index (χ0) is 15.6. The highest BCUT2D eigenvalue weighted by atomic mass is 35.5. The zero-order valence-electron chi connectivity index (χ0n) is 12.3. The summed E-state index contributed by atoms with van der Waals surface area (Å²) in [7, 11) is 1.89. The minimum absolute atomic E-state index is 0.0181. The van der Waals surface area contributed by atoms with E-state index in [9.17, 15) is 9.90 Å². The lowest BCUT2D eigenvalue weighted by Crippen LogP contribution is -2.23. The molecule has 0 aliphatic heterocycles. The smallest absolute Gasteiger partial charge is 0.337 e. The van der Waals surface area contributed by atoms with Crippen LogP contribution in [0.5, 0.6) is 0 Å². The molecule has 1 unspecified atom stereocenters. The minimum Gasteiger partial charge on any atom is -0.478 e. The summed E-state index contributed by atoms with van der Waals surface area (Å²) in [5, 5.41) is 10.1. The lowest BCUT2D eigenvalue weighted by Gasteiger charge is -2.29. The van der Waals surface area contributed by atoms with E-state index in [1.54, 1.807) is 6.07 Å². The summed E-state index contributed by atoms with van der Waals surface area (Å²) in [6, 6.07) is 13.1. The first-order valence-electron chi connectivity index (χ1n) is 6.72. The number of nitrogens with zero attached hydrogens (tertiary/aromatic N) is 1. The van der Waals surface area contributed by atoms with Gasteiger partial charge in [-0.25, -0.2) is 4.79 Å². The normalized spacial score (nSPS) is 12.0. The molecule has 0 saturated carbocycles. The van der Waals surface area contributed by atoms with Gasteiger partial charge in [-0.05, 0) is 43.7 Å². The molecule has 2 rings (SSSR count). The molecule has 110 valence electrons. The van der Waals surface area contributed by atoms with Gasteiger partial charge in [-0.2, -0.15) is 0 Å². The van der Waals surface area contributed by atoms with Crippen LogP contribution in [0.15, 0.2) is 42.5 Å². The molecular formula is C17H18ClNO2. The predicted octanol–water partition coefficient (Wildman–Crippen LogP) is 4.54. The summed E-state index contributed by atoms with van der Waals surface area (Å²) in [5.41, 5.74) is 2.98. The van der Waals surface area contributed by atoms with Crippen molar-refractivity contribution in [2.45, 2.75) is 19.9 Å². The molecule has 0 radical (unpaired) electrons. The number of aromatic carboxylic acids is 1. The molecule has 4 heteroatoms. The number of rotatable bonds is 4. The monoisotopic (exact) mass is 303 g/mol. The fourth-order valence-corrected chi connectivity index (χ4v) is 2.53. The van der Waals surface area contributed by atoms with Gasteiger partial charge in [0.2, 0.25) is 0 Å². The third-order valence-corrected chi connectivity index (χ3v) is 3.91. The number of aryl methyl sites for hydroxylation is 1. The number of halogens is 1. The number of carboxylic acid groups (broad SMARTS) is 1. The first-order chi connectivity index (χ1) is 9.90. The number of hydrogen-bond donors (Lipinski definition) is 1. The van der Waals surface area contributed by atoms with Gasteiger partial charge >= 0.3 is 5.97 Å². The second-order valence-electron chi connectivity index (χ2n) is 5.17. The average Bonchev–Trinajstić information content (AvgIpc) is 2.45. The molecule has 0 fully saturated rings. The Bertz CT molecular complexity index is 670. The third-order valence-electron chi connectivity index (χ3n) is 3.67. The zero-order valence-corrected chi connectivity index (χ0v) is 13.1. The van der Waals surface area contributed by atoms with Crippen molar-refractivity contribution < 1.29 is 9.90 Å². The van der Waals surface area contributed by atoms with Crippen molar-refractivity contribution in [3.05, 3.63) is 64.2 Å². The van der Waals surface area contributed by atoms with Crippen molar-refractivity contribution in [2.75, 3.05) is 11.9 Å². The Balaban J connectivity index is 2.40. The van der Waals surface area contributed by atoms with Gasteiger partial charge in [-0.3, -0.25) is 0 Å². The fourth-order valence-electron chi connectivity index (χ4n) is 2.33. The number of carboxylic acids is 1. The molecule has 0 aliphatic carbocycles. The van der Waals surface area contributed by atoms with E-state index >= 15 is 0 Å². The van der Waals surface area contributed by atoms with Crippen LogP contribution in [-0.4, -0.2) is 18.1 Å². The van der Waals surface area contributed by atoms with Crippen molar-refractivity contribution in [3.63, 3.8) is 0 Å². The Hall–Kier alpha value is -2.00. The lowest BCUT2D eigenvalue weighted by atomic mass is 10.0. The van der Waals surface area contributed by atoms with Crippen molar-refractivity contribution in [1.82, 2.24) is 0 Å². The van der Waals surface area contributed by atoms with Gasteiger partial charge in [0.15, 0.2) is 0 Å². The van der Waals surface area contributed by atoms with E-state index in [2.05, 4.69) is 0 Å². The Labute approximate surface area is 129 Å². The van der Waals surface area contributed by atoms with E-state index in [1.165, 1.54) is 0 Å². The number of anilines is 1. The fraction of sp³-hybridized carbons (Fsp3) is 0.235. The van der Waals surface area contributed by atoms with Gasteiger partial charge < -0.3 is 10.0 Å². The van der Waals surface area contributed by atoms with Gasteiger partial charge in [0.05, 0.1) is 17.3 Å². The molecule has 0 heterocycles. The lowest BCUT2D eigenvalue weighted by molar-refractivity contribution is 0.0697. The average molecular weight is 304 g/mol. The highest BCUT2D eigenvalue weighted by molar-refractivity contribution is 6.30. The van der Waals surface area contributed by atoms with Crippen LogP contribution in [0.2, 0.25) is 5.02 Å². The van der Waals surface area contributed by atoms with Crippen LogP contribution in [0.4, 0.5) is 5.69 Å². The minimum atomic E-state index is -0.918. The van der Waals surface area contributed by atoms with E-state index in [0.717, 1.165) is 11.1 Å². The molecule has 0 bridgehead atoms. The highest BCUT2D eigenvalue weighted by Crippen LogP contribution is 2.30. The summed E-state index contributed by atoms with van der Waals surface area (Å²) in [6.45, 7) is 3.91. The van der Waals surface area contributed by atoms with Crippen molar-refractivity contribution in [3.8, 4) is 0 Å². The van der Waals surface area contributed by atoms with Crippen molar-refractivity contribution in [2.24, 2.45) is 0 Å². The molecule has 1 N–H and O–H groups in total. The van der Waals surface area contributed by atoms with E-state index in [-0.39, 0.29) is 6.04 Å². The predicted molar refractivity (Wildman–Crippen MR) is 86.4 cm³/mol. The molecule has 21 heavy (non-hydrogen) atoms. The van der Waals surface area contributed by atoms with Crippen LogP contribution >= 0.6 is 11.6 Å². The van der Waals surface area contributed by atoms with Crippen LogP contribution in [0.3, 0.4) is 0 Å². The topological polar surface area (TPSA) is 40.5 Å². The summed E-state index contributed by atoms with van der Waals surface area (Å²) < 4.78 is 0. The summed E-state index contributed by atoms with van der Waals surface area (Å²) in [4.78, 5) is 13.4. The van der Waals surface area contributed by atoms with Crippen LogP contribution in [0.25, 0.3) is 0 Å². The van der Waals surface area contributed by atoms with Crippen LogP contribution in [-0.2, 0) is 0 Å². The Morgan fingerprint density at radius 3 is 2.57 bits per heavy atom. The molecule has 0 spiro atoms. The summed E-state index contributed by atoms with van der Waals surface area (Å²) in [5.74, 6) is -0.918. The molecular weight excluding hydrogens is 286 g/mol. The number of benzene rings is 2. The van der Waals surface area contributed by atoms with Crippen LogP contribution in [0.1, 0.15) is 34.5 Å². The maximum Gasteiger partial charge on any atom is 0.337 e. The first-order valence-corrected chi connectivity index (χ1v) is 7.10. The molecule has 2 aromatic carbocycles. The molecule has 3 nitrogen and oxygen atoms in total. The maximum absolute atomic E-state index is 11.4. The van der Waals surface area contributed by atoms with Gasteiger partial charge in [0.25, 0.3) is 0 Å². The SMILES string of the molecule is Cc1ccc(N(C)C(C)c2cccc(Cl)c2)c(C(=O)O)c1. The van der Waals surface area contributed by atoms with Crippen molar-refractivity contribution in [1.29, 1.82) is 0 Å². The molecule has 0 aromatic heterocycles. The molecule has 2 aromatic rings. The molecule has 0 amide bonds. The number of carbonyl (C=O) groups is 1. The Morgan fingerprint density at radius 2 is 1.95 bits per heavy atom. The Morgan fingerprint density at radius 1 is 1.24 bits per heavy atom. The third kappa shape index (κ3) is 3.37. The standard InChI is InChI=1S/C17H18ClNO2/c1-11-7-8-16(15(9-11)17(20)21)19(3)12(2)13-5-4-6-14(18)10-13/h4-10,12H,1-3H3,(H,20,21). The largest absolute Gasteiger partial charge is 0.478 e. The molecule has 1 atom stereocenters. The molecule has 0 aliphatic rings. The van der Waals surface area contributed by atoms with Crippen LogP contribution in [0, 0.1) is 6.92 Å². The molecule has 0 saturated heterocycles. The van der Waals surface area contributed by atoms with E-state index < -0.39 is 5.97 Å². The van der Waals surface area contributed by atoms with Gasteiger partial charge in [0.1, 0.15) is 0 Å². The Kier molecular flexibility index (Phi) is 4.53. The maximum atomic E-state index is 11.4. The summed E-state index contributed by atoms with van der Waals surface area (Å²) in [6.07, 6.45) is 0. The van der Waals surface area contributed by atoms with E-state index in [1.807, 2.05) is 62.2 Å². The number of hydrogen-bond acceptors (Lipinski definition) is 2. The summed E-state index contributed by atoms with van der Waals surface area (Å²) >= 11 is 6.03. The quantitative estimate of drug-likeness (QED) is 0.901. The second-order valence-corrected chi connectivity index (χ2v) is 5.60. The van der Waals surface area contributed by atoms with Gasteiger partial charge in [0, 0.05) is 12.1 Å². The van der Waals surface area contributed by atoms with Gasteiger partial charge in [-0.1, -0.05) is 35.4 Å². The second kappa shape index (κ2) is 6.19. The first kappa shape index (κ1) is 15.4. The van der Waals surface area contributed by atoms with E-state index in [0.29, 0.717) is 16.3 Å². The highest BCUT2D eigenvalue weighted by Gasteiger charge is 2.18. The van der Waals surface area contributed by atoms with Crippen LogP contribution < -0.4 is 4.90 Å². The van der Waals surface area contributed by atoms with Gasteiger partial charge in [-0.15, -0.1) is 0 Å².